The van der Waals surface area contributed by atoms with Crippen LogP contribution >= 0.6 is 0 Å². The van der Waals surface area contributed by atoms with Crippen molar-refractivity contribution in [3.05, 3.63) is 47.5 Å². The van der Waals surface area contributed by atoms with Crippen LogP contribution in [0.3, 0.4) is 0 Å². The van der Waals surface area contributed by atoms with Crippen LogP contribution in [0.4, 0.5) is 0 Å². The summed E-state index contributed by atoms with van der Waals surface area (Å²) in [5.41, 5.74) is 2.59. The molecule has 154 valence electrons. The van der Waals surface area contributed by atoms with Crippen LogP contribution in [-0.4, -0.2) is 57.5 Å². The second-order valence-corrected chi connectivity index (χ2v) is 8.31. The summed E-state index contributed by atoms with van der Waals surface area (Å²) in [6.45, 7) is 4.53. The summed E-state index contributed by atoms with van der Waals surface area (Å²) in [6, 6.07) is 13.2. The van der Waals surface area contributed by atoms with Crippen molar-refractivity contribution in [1.82, 2.24) is 9.80 Å². The number of hydrogen-bond donors (Lipinski definition) is 0. The highest BCUT2D eigenvalue weighted by molar-refractivity contribution is 5.55. The minimum atomic E-state index is 0.263. The van der Waals surface area contributed by atoms with Crippen molar-refractivity contribution in [3.63, 3.8) is 0 Å². The third-order valence-electron chi connectivity index (χ3n) is 6.55. The Bertz CT molecular complexity index is 885. The highest BCUT2D eigenvalue weighted by Gasteiger charge is 2.46. The number of benzene rings is 2. The van der Waals surface area contributed by atoms with Crippen molar-refractivity contribution in [1.29, 1.82) is 0 Å². The lowest BCUT2D eigenvalue weighted by Crippen LogP contribution is -2.28. The number of fused-ring (bicyclic) bond motifs is 2. The second-order valence-electron chi connectivity index (χ2n) is 8.31. The van der Waals surface area contributed by atoms with Crippen LogP contribution in [0, 0.1) is 11.8 Å². The molecule has 3 aliphatic rings. The van der Waals surface area contributed by atoms with Crippen molar-refractivity contribution in [2.75, 3.05) is 47.7 Å². The predicted octanol–water partition coefficient (Wildman–Crippen LogP) is 3.17. The van der Waals surface area contributed by atoms with E-state index in [9.17, 15) is 0 Å². The molecule has 3 heterocycles. The molecular formula is C23H28N2O4. The average Bonchev–Trinajstić information content (AvgIpc) is 3.41. The summed E-state index contributed by atoms with van der Waals surface area (Å²) in [4.78, 5) is 5.08. The largest absolute Gasteiger partial charge is 0.497 e. The van der Waals surface area contributed by atoms with Crippen molar-refractivity contribution in [2.24, 2.45) is 11.8 Å². The van der Waals surface area contributed by atoms with Gasteiger partial charge in [0.05, 0.1) is 14.2 Å². The Morgan fingerprint density at radius 3 is 2.59 bits per heavy atom. The number of nitrogens with zero attached hydrogens (tertiary/aromatic N) is 2. The highest BCUT2D eigenvalue weighted by atomic mass is 16.7. The van der Waals surface area contributed by atoms with Gasteiger partial charge in [-0.25, -0.2) is 0 Å². The van der Waals surface area contributed by atoms with E-state index >= 15 is 0 Å². The van der Waals surface area contributed by atoms with Gasteiger partial charge in [0.25, 0.3) is 0 Å². The second kappa shape index (κ2) is 7.43. The van der Waals surface area contributed by atoms with Gasteiger partial charge in [0.2, 0.25) is 12.5 Å². The number of likely N-dealkylation sites (tertiary alicyclic amines) is 2. The maximum Gasteiger partial charge on any atom is 0.231 e. The monoisotopic (exact) mass is 396 g/mol. The molecule has 0 aliphatic carbocycles. The van der Waals surface area contributed by atoms with E-state index in [4.69, 9.17) is 18.9 Å². The first-order chi connectivity index (χ1) is 14.2. The summed E-state index contributed by atoms with van der Waals surface area (Å²) in [5.74, 6) is 4.51. The van der Waals surface area contributed by atoms with Gasteiger partial charge in [0.15, 0.2) is 11.5 Å². The Hall–Kier alpha value is -2.44. The normalized spacial score (nSPS) is 26.0. The van der Waals surface area contributed by atoms with Gasteiger partial charge >= 0.3 is 0 Å². The van der Waals surface area contributed by atoms with Gasteiger partial charge in [0, 0.05) is 32.2 Å². The summed E-state index contributed by atoms with van der Waals surface area (Å²) in [5, 5.41) is 0. The lowest BCUT2D eigenvalue weighted by Gasteiger charge is -2.27. The zero-order valence-electron chi connectivity index (χ0n) is 17.3. The van der Waals surface area contributed by atoms with Gasteiger partial charge in [-0.3, -0.25) is 9.80 Å². The molecule has 5 rings (SSSR count). The molecule has 0 saturated carbocycles. The molecule has 6 nitrogen and oxygen atoms in total. The zero-order chi connectivity index (χ0) is 20.0. The lowest BCUT2D eigenvalue weighted by molar-refractivity contribution is 0.171. The molecule has 0 unspecified atom stereocenters. The number of rotatable bonds is 5. The van der Waals surface area contributed by atoms with Gasteiger partial charge in [-0.05, 0) is 54.3 Å². The Balaban J connectivity index is 1.32. The van der Waals surface area contributed by atoms with Crippen LogP contribution in [-0.2, 0) is 6.54 Å². The molecule has 2 fully saturated rings. The molecule has 0 amide bonds. The van der Waals surface area contributed by atoms with E-state index in [2.05, 4.69) is 53.2 Å². The lowest BCUT2D eigenvalue weighted by atomic mass is 9.89. The highest BCUT2D eigenvalue weighted by Crippen LogP contribution is 2.46. The van der Waals surface area contributed by atoms with Crippen LogP contribution in [0.25, 0.3) is 0 Å². The van der Waals surface area contributed by atoms with Crippen LogP contribution in [0.2, 0.25) is 0 Å². The Morgan fingerprint density at radius 1 is 1.00 bits per heavy atom. The van der Waals surface area contributed by atoms with Crippen molar-refractivity contribution < 1.29 is 18.9 Å². The maximum absolute atomic E-state index is 5.59. The Morgan fingerprint density at radius 2 is 1.83 bits per heavy atom. The fourth-order valence-electron chi connectivity index (χ4n) is 5.32. The Labute approximate surface area is 171 Å². The van der Waals surface area contributed by atoms with Gasteiger partial charge in [-0.1, -0.05) is 12.1 Å². The zero-order valence-corrected chi connectivity index (χ0v) is 17.3. The SMILES string of the molecule is COc1ccc([C@H]2[C@@H]3CN(Cc4cc(OC)c5c(c4)OCO5)C[C@@H]3CN2C)cc1. The maximum atomic E-state index is 5.59. The minimum absolute atomic E-state index is 0.263. The third kappa shape index (κ3) is 3.30. The van der Waals surface area contributed by atoms with E-state index in [-0.39, 0.29) is 6.79 Å². The molecule has 0 radical (unpaired) electrons. The van der Waals surface area contributed by atoms with Crippen molar-refractivity contribution in [3.8, 4) is 23.0 Å². The fraction of sp³-hybridized carbons (Fsp3) is 0.478. The van der Waals surface area contributed by atoms with E-state index in [1.54, 1.807) is 14.2 Å². The van der Waals surface area contributed by atoms with Crippen LogP contribution in [0.5, 0.6) is 23.0 Å². The van der Waals surface area contributed by atoms with E-state index in [1.165, 1.54) is 11.1 Å². The fourth-order valence-corrected chi connectivity index (χ4v) is 5.32. The van der Waals surface area contributed by atoms with E-state index in [0.29, 0.717) is 17.9 Å². The van der Waals surface area contributed by atoms with E-state index in [1.807, 2.05) is 0 Å². The van der Waals surface area contributed by atoms with Gasteiger partial charge in [-0.15, -0.1) is 0 Å². The molecule has 6 heteroatoms. The Kier molecular flexibility index (Phi) is 4.76. The molecular weight excluding hydrogens is 368 g/mol. The molecule has 0 bridgehead atoms. The number of ether oxygens (including phenoxy) is 4. The summed E-state index contributed by atoms with van der Waals surface area (Å²) in [7, 11) is 5.64. The molecule has 2 saturated heterocycles. The van der Waals surface area contributed by atoms with Crippen molar-refractivity contribution in [2.45, 2.75) is 12.6 Å². The third-order valence-corrected chi connectivity index (χ3v) is 6.55. The topological polar surface area (TPSA) is 43.4 Å². The number of methoxy groups -OCH3 is 2. The van der Waals surface area contributed by atoms with Gasteiger partial charge in [0.1, 0.15) is 5.75 Å². The molecule has 29 heavy (non-hydrogen) atoms. The molecule has 0 aromatic heterocycles. The summed E-state index contributed by atoms with van der Waals surface area (Å²) < 4.78 is 21.9. The molecule has 2 aromatic rings. The predicted molar refractivity (Wildman–Crippen MR) is 110 cm³/mol. The first-order valence-electron chi connectivity index (χ1n) is 10.2. The smallest absolute Gasteiger partial charge is 0.231 e. The quantitative estimate of drug-likeness (QED) is 0.774. The number of hydrogen-bond acceptors (Lipinski definition) is 6. The van der Waals surface area contributed by atoms with Gasteiger partial charge in [-0.2, -0.15) is 0 Å². The summed E-state index contributed by atoms with van der Waals surface area (Å²) in [6.07, 6.45) is 0. The summed E-state index contributed by atoms with van der Waals surface area (Å²) >= 11 is 0. The van der Waals surface area contributed by atoms with Crippen LogP contribution in [0.15, 0.2) is 36.4 Å². The molecule has 2 aromatic carbocycles. The molecule has 3 atom stereocenters. The van der Waals surface area contributed by atoms with Crippen LogP contribution < -0.4 is 18.9 Å². The minimum Gasteiger partial charge on any atom is -0.497 e. The van der Waals surface area contributed by atoms with E-state index in [0.717, 1.165) is 49.2 Å². The molecule has 0 spiro atoms. The molecule has 3 aliphatic heterocycles. The first-order valence-corrected chi connectivity index (χ1v) is 10.2. The first kappa shape index (κ1) is 18.6. The van der Waals surface area contributed by atoms with Gasteiger partial charge < -0.3 is 18.9 Å². The molecule has 0 N–H and O–H groups in total. The standard InChI is InChI=1S/C23H28N2O4/c1-24-11-17-12-25(10-15-8-20(27-3)23-21(9-15)28-14-29-23)13-19(17)22(24)16-4-6-18(26-2)7-5-16/h4-9,17,19,22H,10-14H2,1-3H3/t17-,19+,22-/m0/s1. The van der Waals surface area contributed by atoms with E-state index < -0.39 is 0 Å². The van der Waals surface area contributed by atoms with Crippen molar-refractivity contribution >= 4 is 0 Å². The van der Waals surface area contributed by atoms with Crippen LogP contribution in [0.1, 0.15) is 17.2 Å². The average molecular weight is 396 g/mol.